The predicted octanol–water partition coefficient (Wildman–Crippen LogP) is 4.74. The fraction of sp³-hybridized carbons (Fsp3) is 1.00. The van der Waals surface area contributed by atoms with Crippen LogP contribution in [0, 0.1) is 0 Å². The zero-order valence-electron chi connectivity index (χ0n) is 10.3. The SMILES string of the molecule is CCCCCCCCCCCC.Cl.Cl.Cl.[SiH4]. The molecule has 0 atom stereocenters. The molecule has 0 radical (unpaired) electrons. The van der Waals surface area contributed by atoms with Gasteiger partial charge in [-0.05, 0) is 11.0 Å². The first-order valence-electron chi connectivity index (χ1n) is 5.91. The van der Waals surface area contributed by atoms with Gasteiger partial charge in [-0.15, -0.1) is 37.2 Å². The second-order valence-corrected chi connectivity index (χ2v) is 3.83. The highest BCUT2D eigenvalue weighted by Gasteiger charge is 1.90. The van der Waals surface area contributed by atoms with E-state index in [2.05, 4.69) is 13.8 Å². The molecular weight excluding hydrogens is 279 g/mol. The van der Waals surface area contributed by atoms with Gasteiger partial charge in [0.2, 0.25) is 0 Å². The van der Waals surface area contributed by atoms with Gasteiger partial charge in [0.1, 0.15) is 0 Å². The van der Waals surface area contributed by atoms with Crippen LogP contribution in [0.2, 0.25) is 0 Å². The molecule has 0 saturated carbocycles. The van der Waals surface area contributed by atoms with Gasteiger partial charge in [0, 0.05) is 0 Å². The maximum absolute atomic E-state index is 2.28. The molecule has 0 spiro atoms. The number of unbranched alkanes of at least 4 members (excludes halogenated alkanes) is 9. The Morgan fingerprint density at radius 1 is 0.438 bits per heavy atom. The summed E-state index contributed by atoms with van der Waals surface area (Å²) in [5.41, 5.74) is 0. The van der Waals surface area contributed by atoms with Crippen molar-refractivity contribution < 1.29 is 0 Å². The third kappa shape index (κ3) is 29.4. The van der Waals surface area contributed by atoms with E-state index in [-0.39, 0.29) is 48.2 Å². The predicted molar refractivity (Wildman–Crippen MR) is 90.6 cm³/mol. The van der Waals surface area contributed by atoms with E-state index < -0.39 is 0 Å². The topological polar surface area (TPSA) is 0 Å². The maximum atomic E-state index is 2.28. The van der Waals surface area contributed by atoms with E-state index >= 15 is 0 Å². The first-order chi connectivity index (χ1) is 5.91. The second-order valence-electron chi connectivity index (χ2n) is 3.83. The van der Waals surface area contributed by atoms with Gasteiger partial charge in [-0.3, -0.25) is 0 Å². The Bertz CT molecular complexity index is 72.7. The molecule has 0 amide bonds. The van der Waals surface area contributed by atoms with Crippen molar-refractivity contribution >= 4 is 48.2 Å². The van der Waals surface area contributed by atoms with Crippen LogP contribution in [0.5, 0.6) is 0 Å². The number of halogens is 3. The largest absolute Gasteiger partial charge is 0.147 e. The van der Waals surface area contributed by atoms with Crippen LogP contribution in [0.3, 0.4) is 0 Å². The van der Waals surface area contributed by atoms with Crippen LogP contribution in [-0.4, -0.2) is 11.0 Å². The lowest BCUT2D eigenvalue weighted by Crippen LogP contribution is -1.80. The molecule has 0 N–H and O–H groups in total. The summed E-state index contributed by atoms with van der Waals surface area (Å²) >= 11 is 0. The average molecular weight is 312 g/mol. The zero-order valence-corrected chi connectivity index (χ0v) is 12.7. The molecule has 0 aromatic heterocycles. The highest BCUT2D eigenvalue weighted by atomic mass is 35.5. The van der Waals surface area contributed by atoms with E-state index in [1.807, 2.05) is 0 Å². The summed E-state index contributed by atoms with van der Waals surface area (Å²) in [6.07, 6.45) is 14.4. The van der Waals surface area contributed by atoms with Gasteiger partial charge in [-0.1, -0.05) is 78.1 Å². The van der Waals surface area contributed by atoms with Crippen LogP contribution < -0.4 is 0 Å². The fourth-order valence-electron chi connectivity index (χ4n) is 1.56. The first kappa shape index (κ1) is 30.3. The average Bonchev–Trinajstić information content (AvgIpc) is 2.10. The lowest BCUT2D eigenvalue weighted by atomic mass is 10.1. The standard InChI is InChI=1S/C12H26.3ClH.H4Si/c1-3-5-7-9-11-12-10-8-6-4-2;;;;/h3-12H2,1-2H3;3*1H;1H4. The number of rotatable bonds is 9. The molecule has 0 bridgehead atoms. The Hall–Kier alpha value is 1.09. The van der Waals surface area contributed by atoms with Gasteiger partial charge >= 0.3 is 0 Å². The molecular formula is C12H33Cl3Si. The van der Waals surface area contributed by atoms with Gasteiger partial charge in [-0.25, -0.2) is 0 Å². The van der Waals surface area contributed by atoms with Crippen LogP contribution in [-0.2, 0) is 0 Å². The fourth-order valence-corrected chi connectivity index (χ4v) is 1.56. The molecule has 106 valence electrons. The van der Waals surface area contributed by atoms with Crippen LogP contribution in [0.4, 0.5) is 0 Å². The number of hydrogen-bond donors (Lipinski definition) is 0. The second kappa shape index (κ2) is 29.8. The summed E-state index contributed by atoms with van der Waals surface area (Å²) < 4.78 is 0. The van der Waals surface area contributed by atoms with Crippen LogP contribution in [0.1, 0.15) is 78.1 Å². The molecule has 0 nitrogen and oxygen atoms in total. The van der Waals surface area contributed by atoms with E-state index in [9.17, 15) is 0 Å². The maximum Gasteiger partial charge on any atom is -0.0149 e. The van der Waals surface area contributed by atoms with Gasteiger partial charge < -0.3 is 0 Å². The Morgan fingerprint density at radius 2 is 0.625 bits per heavy atom. The van der Waals surface area contributed by atoms with Crippen molar-refractivity contribution in [2.75, 3.05) is 0 Å². The van der Waals surface area contributed by atoms with Crippen LogP contribution in [0.25, 0.3) is 0 Å². The minimum absolute atomic E-state index is 0. The monoisotopic (exact) mass is 310 g/mol. The summed E-state index contributed by atoms with van der Waals surface area (Å²) in [7, 11) is 0. The normalized spacial score (nSPS) is 7.88. The van der Waals surface area contributed by atoms with Crippen molar-refractivity contribution in [3.05, 3.63) is 0 Å². The van der Waals surface area contributed by atoms with Crippen molar-refractivity contribution in [3.63, 3.8) is 0 Å². The van der Waals surface area contributed by atoms with Crippen molar-refractivity contribution in [3.8, 4) is 0 Å². The van der Waals surface area contributed by atoms with Gasteiger partial charge in [0.25, 0.3) is 0 Å². The molecule has 0 saturated heterocycles. The summed E-state index contributed by atoms with van der Waals surface area (Å²) in [5, 5.41) is 0. The van der Waals surface area contributed by atoms with Crippen LogP contribution >= 0.6 is 37.2 Å². The number of hydrogen-bond acceptors (Lipinski definition) is 0. The highest BCUT2D eigenvalue weighted by molar-refractivity contribution is 5.86. The van der Waals surface area contributed by atoms with Crippen molar-refractivity contribution in [1.29, 1.82) is 0 Å². The van der Waals surface area contributed by atoms with E-state index in [0.717, 1.165) is 0 Å². The summed E-state index contributed by atoms with van der Waals surface area (Å²) in [6, 6.07) is 0. The third-order valence-corrected chi connectivity index (χ3v) is 2.46. The highest BCUT2D eigenvalue weighted by Crippen LogP contribution is 2.09. The molecule has 0 rings (SSSR count). The van der Waals surface area contributed by atoms with E-state index in [1.54, 1.807) is 0 Å². The molecule has 16 heavy (non-hydrogen) atoms. The molecule has 0 aliphatic carbocycles. The Morgan fingerprint density at radius 3 is 0.812 bits per heavy atom. The first-order valence-corrected chi connectivity index (χ1v) is 5.91. The van der Waals surface area contributed by atoms with Crippen molar-refractivity contribution in [1.82, 2.24) is 0 Å². The molecule has 0 aliphatic heterocycles. The lowest BCUT2D eigenvalue weighted by molar-refractivity contribution is 0.562. The summed E-state index contributed by atoms with van der Waals surface area (Å²) in [5.74, 6) is 0. The quantitative estimate of drug-likeness (QED) is 0.426. The molecule has 0 fully saturated rings. The van der Waals surface area contributed by atoms with Gasteiger partial charge in [0.15, 0.2) is 0 Å². The Labute approximate surface area is 126 Å². The molecule has 0 unspecified atom stereocenters. The van der Waals surface area contributed by atoms with E-state index in [0.29, 0.717) is 0 Å². The Balaban J connectivity index is -0.000000101. The van der Waals surface area contributed by atoms with E-state index in [1.165, 1.54) is 64.2 Å². The van der Waals surface area contributed by atoms with Crippen molar-refractivity contribution in [2.45, 2.75) is 78.1 Å². The lowest BCUT2D eigenvalue weighted by Gasteiger charge is -1.99. The molecule has 0 aliphatic rings. The Kier molecular flexibility index (Phi) is 56.4. The van der Waals surface area contributed by atoms with Crippen LogP contribution in [0.15, 0.2) is 0 Å². The van der Waals surface area contributed by atoms with E-state index in [4.69, 9.17) is 0 Å². The smallest absolute Gasteiger partial charge is 0.0149 e. The summed E-state index contributed by atoms with van der Waals surface area (Å²) in [6.45, 7) is 4.56. The molecule has 0 aromatic carbocycles. The van der Waals surface area contributed by atoms with Crippen molar-refractivity contribution in [2.24, 2.45) is 0 Å². The minimum atomic E-state index is 0. The minimum Gasteiger partial charge on any atom is -0.147 e. The molecule has 0 aromatic rings. The molecule has 4 heteroatoms. The van der Waals surface area contributed by atoms with Gasteiger partial charge in [0.05, 0.1) is 0 Å². The third-order valence-electron chi connectivity index (χ3n) is 2.46. The van der Waals surface area contributed by atoms with Gasteiger partial charge in [-0.2, -0.15) is 0 Å². The molecule has 0 heterocycles. The summed E-state index contributed by atoms with van der Waals surface area (Å²) in [4.78, 5) is 0. The zero-order chi connectivity index (χ0) is 9.07.